The number of carbonyl (C=O) groups excluding carboxylic acids is 2. The number of fused-ring (bicyclic) bond motifs is 1. The van der Waals surface area contributed by atoms with Crippen LogP contribution in [0.15, 0.2) is 35.2 Å². The number of rotatable bonds is 3. The molecule has 0 spiro atoms. The molecule has 7 heteroatoms. The summed E-state index contributed by atoms with van der Waals surface area (Å²) in [4.78, 5) is 36.2. The fourth-order valence-electron chi connectivity index (χ4n) is 1.97. The van der Waals surface area contributed by atoms with Crippen LogP contribution in [-0.4, -0.2) is 33.7 Å². The molecule has 0 aliphatic carbocycles. The molecule has 2 heterocycles. The average Bonchev–Trinajstić information content (AvgIpc) is 2.94. The summed E-state index contributed by atoms with van der Waals surface area (Å²) < 4.78 is 1.09. The van der Waals surface area contributed by atoms with Gasteiger partial charge in [-0.1, -0.05) is 18.2 Å². The van der Waals surface area contributed by atoms with Gasteiger partial charge in [-0.15, -0.1) is 11.3 Å². The first-order valence-electron chi connectivity index (χ1n) is 6.00. The summed E-state index contributed by atoms with van der Waals surface area (Å²) in [7, 11) is 0. The number of hydrogen-bond acceptors (Lipinski definition) is 5. The van der Waals surface area contributed by atoms with Crippen molar-refractivity contribution in [2.24, 2.45) is 0 Å². The van der Waals surface area contributed by atoms with Gasteiger partial charge in [-0.3, -0.25) is 19.3 Å². The molecule has 21 heavy (non-hydrogen) atoms. The van der Waals surface area contributed by atoms with Gasteiger partial charge >= 0.3 is 5.97 Å². The number of aliphatic carboxylic acids is 1. The zero-order chi connectivity index (χ0) is 15.0. The second-order valence-electron chi connectivity index (χ2n) is 4.35. The lowest BCUT2D eigenvalue weighted by Crippen LogP contribution is -2.33. The Kier molecular flexibility index (Phi) is 3.52. The molecule has 1 aliphatic rings. The molecule has 5 nitrogen and oxygen atoms in total. The van der Waals surface area contributed by atoms with Crippen molar-refractivity contribution < 1.29 is 19.5 Å². The smallest absolute Gasteiger partial charge is 0.323 e. The third-order valence-electron chi connectivity index (χ3n) is 2.88. The lowest BCUT2D eigenvalue weighted by atomic mass is 10.2. The Balaban J connectivity index is 1.91. The van der Waals surface area contributed by atoms with Crippen LogP contribution in [0.3, 0.4) is 0 Å². The van der Waals surface area contributed by atoms with E-state index in [9.17, 15) is 14.4 Å². The summed E-state index contributed by atoms with van der Waals surface area (Å²) in [6.45, 7) is -0.603. The highest BCUT2D eigenvalue weighted by atomic mass is 32.2. The molecule has 1 aromatic carbocycles. The van der Waals surface area contributed by atoms with Crippen LogP contribution < -0.4 is 0 Å². The number of carboxylic acids is 1. The van der Waals surface area contributed by atoms with E-state index in [1.165, 1.54) is 11.3 Å². The third-order valence-corrected chi connectivity index (χ3v) is 4.86. The summed E-state index contributed by atoms with van der Waals surface area (Å²) in [6, 6.07) is 9.75. The highest BCUT2D eigenvalue weighted by Gasteiger charge is 2.36. The van der Waals surface area contributed by atoms with Crippen LogP contribution in [0.5, 0.6) is 0 Å². The molecule has 1 N–H and O–H groups in total. The summed E-state index contributed by atoms with van der Waals surface area (Å²) in [5.74, 6) is -1.76. The molecule has 3 rings (SSSR count). The SMILES string of the molecule is O=C(O)CN1C(=O)SC(=Cc2cc3ccccc3s2)C1=O. The van der Waals surface area contributed by atoms with Gasteiger partial charge in [0.05, 0.1) is 4.91 Å². The van der Waals surface area contributed by atoms with Gasteiger partial charge in [-0.05, 0) is 35.4 Å². The van der Waals surface area contributed by atoms with E-state index in [1.807, 2.05) is 30.3 Å². The Morgan fingerprint density at radius 1 is 1.29 bits per heavy atom. The van der Waals surface area contributed by atoms with Crippen LogP contribution in [0.1, 0.15) is 4.88 Å². The molecule has 1 fully saturated rings. The van der Waals surface area contributed by atoms with E-state index in [1.54, 1.807) is 6.08 Å². The largest absolute Gasteiger partial charge is 0.480 e. The zero-order valence-corrected chi connectivity index (χ0v) is 12.2. The molecule has 2 amide bonds. The van der Waals surface area contributed by atoms with Crippen LogP contribution in [0.25, 0.3) is 16.2 Å². The minimum Gasteiger partial charge on any atom is -0.480 e. The van der Waals surface area contributed by atoms with Gasteiger partial charge in [-0.25, -0.2) is 0 Å². The quantitative estimate of drug-likeness (QED) is 0.880. The summed E-state index contributed by atoms with van der Waals surface area (Å²) in [5, 5.41) is 9.23. The first-order valence-corrected chi connectivity index (χ1v) is 7.63. The molecule has 0 unspecified atom stereocenters. The van der Waals surface area contributed by atoms with Crippen molar-refractivity contribution in [2.75, 3.05) is 6.54 Å². The van der Waals surface area contributed by atoms with Gasteiger partial charge in [0.25, 0.3) is 11.1 Å². The molecule has 1 aliphatic heterocycles. The fraction of sp³-hybridized carbons (Fsp3) is 0.0714. The van der Waals surface area contributed by atoms with Crippen LogP contribution in [0, 0.1) is 0 Å². The number of carbonyl (C=O) groups is 3. The lowest BCUT2D eigenvalue weighted by molar-refractivity contribution is -0.140. The topological polar surface area (TPSA) is 74.7 Å². The van der Waals surface area contributed by atoms with Crippen molar-refractivity contribution in [3.05, 3.63) is 40.1 Å². The van der Waals surface area contributed by atoms with Crippen LogP contribution >= 0.6 is 23.1 Å². The van der Waals surface area contributed by atoms with Crippen molar-refractivity contribution in [3.8, 4) is 0 Å². The maximum atomic E-state index is 12.0. The predicted molar refractivity (Wildman–Crippen MR) is 82.1 cm³/mol. The standard InChI is InChI=1S/C14H9NO4S2/c16-12(17)7-15-13(18)11(21-14(15)19)6-9-5-8-3-1-2-4-10(8)20-9/h1-6H,7H2,(H,16,17). The average molecular weight is 319 g/mol. The highest BCUT2D eigenvalue weighted by Crippen LogP contribution is 2.34. The molecule has 0 atom stereocenters. The molecule has 1 aromatic heterocycles. The number of carboxylic acid groups (broad SMARTS) is 1. The Morgan fingerprint density at radius 3 is 2.76 bits per heavy atom. The van der Waals surface area contributed by atoms with Gasteiger partial charge in [0.1, 0.15) is 6.54 Å². The minimum absolute atomic E-state index is 0.257. The van der Waals surface area contributed by atoms with Gasteiger partial charge in [0.2, 0.25) is 0 Å². The van der Waals surface area contributed by atoms with E-state index >= 15 is 0 Å². The summed E-state index contributed by atoms with van der Waals surface area (Å²) in [6.07, 6.45) is 1.64. The van der Waals surface area contributed by atoms with Crippen molar-refractivity contribution in [1.82, 2.24) is 4.90 Å². The first-order chi connectivity index (χ1) is 10.0. The minimum atomic E-state index is -1.21. The molecular formula is C14H9NO4S2. The Bertz CT molecular complexity index is 760. The number of thioether (sulfide) groups is 1. The number of imide groups is 1. The number of amides is 2. The maximum absolute atomic E-state index is 12.0. The zero-order valence-electron chi connectivity index (χ0n) is 10.6. The number of thiophene rings is 1. The van der Waals surface area contributed by atoms with E-state index in [2.05, 4.69) is 0 Å². The third kappa shape index (κ3) is 2.70. The fourth-order valence-corrected chi connectivity index (χ4v) is 3.89. The molecule has 0 bridgehead atoms. The molecule has 2 aromatic rings. The van der Waals surface area contributed by atoms with Crippen LogP contribution in [0.2, 0.25) is 0 Å². The second-order valence-corrected chi connectivity index (χ2v) is 6.46. The molecule has 106 valence electrons. The Labute approximate surface area is 127 Å². The molecule has 0 radical (unpaired) electrons. The molecule has 0 saturated carbocycles. The van der Waals surface area contributed by atoms with E-state index in [4.69, 9.17) is 5.11 Å². The normalized spacial score (nSPS) is 17.1. The number of nitrogens with zero attached hydrogens (tertiary/aromatic N) is 1. The molecular weight excluding hydrogens is 310 g/mol. The van der Waals surface area contributed by atoms with E-state index < -0.39 is 23.7 Å². The van der Waals surface area contributed by atoms with Crippen LogP contribution in [0.4, 0.5) is 4.79 Å². The van der Waals surface area contributed by atoms with E-state index in [-0.39, 0.29) is 4.91 Å². The molecule has 1 saturated heterocycles. The second kappa shape index (κ2) is 5.34. The van der Waals surface area contributed by atoms with Gasteiger partial charge in [0.15, 0.2) is 0 Å². The van der Waals surface area contributed by atoms with Crippen molar-refractivity contribution in [2.45, 2.75) is 0 Å². The Morgan fingerprint density at radius 2 is 2.05 bits per heavy atom. The predicted octanol–water partition coefficient (Wildman–Crippen LogP) is 3.02. The maximum Gasteiger partial charge on any atom is 0.323 e. The lowest BCUT2D eigenvalue weighted by Gasteiger charge is -2.07. The van der Waals surface area contributed by atoms with E-state index in [0.29, 0.717) is 0 Å². The van der Waals surface area contributed by atoms with Crippen molar-refractivity contribution >= 4 is 56.4 Å². The number of hydrogen-bond donors (Lipinski definition) is 1. The number of benzene rings is 1. The highest BCUT2D eigenvalue weighted by molar-refractivity contribution is 8.18. The first kappa shape index (κ1) is 13.8. The van der Waals surface area contributed by atoms with E-state index in [0.717, 1.165) is 31.6 Å². The van der Waals surface area contributed by atoms with Gasteiger partial charge < -0.3 is 5.11 Å². The monoisotopic (exact) mass is 319 g/mol. The summed E-state index contributed by atoms with van der Waals surface area (Å²) in [5.41, 5.74) is 0. The van der Waals surface area contributed by atoms with Crippen LogP contribution in [-0.2, 0) is 9.59 Å². The summed E-state index contributed by atoms with van der Waals surface area (Å²) >= 11 is 2.28. The van der Waals surface area contributed by atoms with Crippen molar-refractivity contribution in [1.29, 1.82) is 0 Å². The van der Waals surface area contributed by atoms with Gasteiger partial charge in [0, 0.05) is 9.58 Å². The van der Waals surface area contributed by atoms with Crippen molar-refractivity contribution in [3.63, 3.8) is 0 Å². The van der Waals surface area contributed by atoms with Gasteiger partial charge in [-0.2, -0.15) is 0 Å². The Hall–Kier alpha value is -2.12.